The molecule has 4 rings (SSSR count). The van der Waals surface area contributed by atoms with E-state index >= 15 is 0 Å². The van der Waals surface area contributed by atoms with Gasteiger partial charge in [0.25, 0.3) is 5.91 Å². The van der Waals surface area contributed by atoms with Crippen molar-refractivity contribution in [1.82, 2.24) is 10.6 Å². The molecule has 1 amide bonds. The SMILES string of the molecule is CS(=O)(=O)Nc1ccc(Oc2ccc(C(=O)NC3CC4CCC3N4)cc2)cc1. The Morgan fingerprint density at radius 1 is 1.04 bits per heavy atom. The van der Waals surface area contributed by atoms with Gasteiger partial charge in [0, 0.05) is 29.4 Å². The number of carbonyl (C=O) groups excluding carboxylic acids is 1. The number of amides is 1. The molecule has 3 N–H and O–H groups in total. The number of hydrogen-bond donors (Lipinski definition) is 3. The summed E-state index contributed by atoms with van der Waals surface area (Å²) in [6, 6.07) is 14.7. The van der Waals surface area contributed by atoms with Gasteiger partial charge >= 0.3 is 0 Å². The Balaban J connectivity index is 1.34. The van der Waals surface area contributed by atoms with Crippen LogP contribution >= 0.6 is 0 Å². The number of nitrogens with one attached hydrogen (secondary N) is 3. The van der Waals surface area contributed by atoms with Gasteiger partial charge in [-0.15, -0.1) is 0 Å². The van der Waals surface area contributed by atoms with E-state index in [1.165, 1.54) is 6.42 Å². The van der Waals surface area contributed by atoms with Crippen LogP contribution in [-0.2, 0) is 10.0 Å². The molecule has 2 saturated heterocycles. The fourth-order valence-corrected chi connectivity index (χ4v) is 4.42. The van der Waals surface area contributed by atoms with Gasteiger partial charge in [-0.3, -0.25) is 9.52 Å². The molecule has 2 aromatic carbocycles. The number of fused-ring (bicyclic) bond motifs is 2. The normalized spacial score (nSPS) is 23.4. The molecule has 148 valence electrons. The van der Waals surface area contributed by atoms with Gasteiger partial charge in [-0.05, 0) is 67.8 Å². The molecule has 0 saturated carbocycles. The maximum absolute atomic E-state index is 12.5. The van der Waals surface area contributed by atoms with E-state index < -0.39 is 10.0 Å². The predicted molar refractivity (Wildman–Crippen MR) is 107 cm³/mol. The average molecular weight is 401 g/mol. The number of hydrogen-bond acceptors (Lipinski definition) is 5. The van der Waals surface area contributed by atoms with Crippen molar-refractivity contribution in [2.24, 2.45) is 0 Å². The zero-order valence-corrected chi connectivity index (χ0v) is 16.3. The summed E-state index contributed by atoms with van der Waals surface area (Å²) in [4.78, 5) is 12.5. The second kappa shape index (κ2) is 7.44. The van der Waals surface area contributed by atoms with Gasteiger partial charge in [0.2, 0.25) is 10.0 Å². The van der Waals surface area contributed by atoms with Crippen molar-refractivity contribution < 1.29 is 17.9 Å². The van der Waals surface area contributed by atoms with Crippen LogP contribution in [0.5, 0.6) is 11.5 Å². The molecule has 7 nitrogen and oxygen atoms in total. The third-order valence-electron chi connectivity index (χ3n) is 5.13. The summed E-state index contributed by atoms with van der Waals surface area (Å²) in [6.45, 7) is 0. The molecular formula is C20H23N3O4S. The monoisotopic (exact) mass is 401 g/mol. The summed E-state index contributed by atoms with van der Waals surface area (Å²) in [6.07, 6.45) is 4.43. The molecule has 28 heavy (non-hydrogen) atoms. The number of sulfonamides is 1. The predicted octanol–water partition coefficient (Wildman–Crippen LogP) is 2.47. The highest BCUT2D eigenvalue weighted by molar-refractivity contribution is 7.92. The third-order valence-corrected chi connectivity index (χ3v) is 5.73. The summed E-state index contributed by atoms with van der Waals surface area (Å²) in [7, 11) is -3.31. The zero-order valence-electron chi connectivity index (χ0n) is 15.5. The van der Waals surface area contributed by atoms with Gasteiger partial charge in [-0.1, -0.05) is 0 Å². The van der Waals surface area contributed by atoms with E-state index in [0.29, 0.717) is 34.8 Å². The van der Waals surface area contributed by atoms with Crippen LogP contribution in [0, 0.1) is 0 Å². The lowest BCUT2D eigenvalue weighted by atomic mass is 9.95. The maximum atomic E-state index is 12.5. The Hall–Kier alpha value is -2.58. The largest absolute Gasteiger partial charge is 0.457 e. The molecule has 2 bridgehead atoms. The topological polar surface area (TPSA) is 96.5 Å². The molecule has 2 fully saturated rings. The first-order chi connectivity index (χ1) is 13.4. The molecule has 2 aromatic rings. The van der Waals surface area contributed by atoms with Crippen LogP contribution in [0.4, 0.5) is 5.69 Å². The second-order valence-electron chi connectivity index (χ2n) is 7.39. The van der Waals surface area contributed by atoms with Crippen LogP contribution in [0.15, 0.2) is 48.5 Å². The Morgan fingerprint density at radius 3 is 2.21 bits per heavy atom. The highest BCUT2D eigenvalue weighted by Gasteiger charge is 2.39. The van der Waals surface area contributed by atoms with Crippen molar-refractivity contribution in [2.45, 2.75) is 37.4 Å². The summed E-state index contributed by atoms with van der Waals surface area (Å²) < 4.78 is 30.6. The summed E-state index contributed by atoms with van der Waals surface area (Å²) in [5, 5.41) is 6.64. The van der Waals surface area contributed by atoms with Gasteiger partial charge in [0.1, 0.15) is 11.5 Å². The van der Waals surface area contributed by atoms with Crippen LogP contribution in [0.3, 0.4) is 0 Å². The number of benzene rings is 2. The third kappa shape index (κ3) is 4.45. The van der Waals surface area contributed by atoms with E-state index in [9.17, 15) is 13.2 Å². The van der Waals surface area contributed by atoms with Crippen molar-refractivity contribution in [3.05, 3.63) is 54.1 Å². The maximum Gasteiger partial charge on any atom is 0.251 e. The van der Waals surface area contributed by atoms with Crippen molar-refractivity contribution >= 4 is 21.6 Å². The minimum Gasteiger partial charge on any atom is -0.457 e. The van der Waals surface area contributed by atoms with Crippen molar-refractivity contribution in [2.75, 3.05) is 11.0 Å². The smallest absolute Gasteiger partial charge is 0.251 e. The lowest BCUT2D eigenvalue weighted by Crippen LogP contribution is -2.42. The van der Waals surface area contributed by atoms with Crippen LogP contribution in [0.2, 0.25) is 0 Å². The Kier molecular flexibility index (Phi) is 4.99. The van der Waals surface area contributed by atoms with Crippen molar-refractivity contribution in [3.63, 3.8) is 0 Å². The Morgan fingerprint density at radius 2 is 1.68 bits per heavy atom. The summed E-state index contributed by atoms with van der Waals surface area (Å²) in [5.74, 6) is 1.10. The van der Waals surface area contributed by atoms with E-state index in [4.69, 9.17) is 4.74 Å². The molecule has 8 heteroatoms. The molecule has 0 aromatic heterocycles. The number of anilines is 1. The number of ether oxygens (including phenoxy) is 1. The summed E-state index contributed by atoms with van der Waals surface area (Å²) in [5.41, 5.74) is 1.07. The first-order valence-electron chi connectivity index (χ1n) is 9.28. The van der Waals surface area contributed by atoms with Crippen molar-refractivity contribution in [1.29, 1.82) is 0 Å². The van der Waals surface area contributed by atoms with Gasteiger partial charge in [0.05, 0.1) is 6.26 Å². The quantitative estimate of drug-likeness (QED) is 0.691. The highest BCUT2D eigenvalue weighted by Crippen LogP contribution is 2.28. The first kappa shape index (κ1) is 18.8. The Labute approximate surface area is 164 Å². The van der Waals surface area contributed by atoms with E-state index in [2.05, 4.69) is 15.4 Å². The molecule has 3 atom stereocenters. The first-order valence-corrected chi connectivity index (χ1v) is 11.2. The molecule has 2 heterocycles. The van der Waals surface area contributed by atoms with Gasteiger partial charge in [-0.2, -0.15) is 0 Å². The molecule has 3 unspecified atom stereocenters. The van der Waals surface area contributed by atoms with Gasteiger partial charge in [-0.25, -0.2) is 8.42 Å². The fraction of sp³-hybridized carbons (Fsp3) is 0.350. The molecular weight excluding hydrogens is 378 g/mol. The minimum atomic E-state index is -3.31. The van der Waals surface area contributed by atoms with Gasteiger partial charge < -0.3 is 15.4 Å². The lowest BCUT2D eigenvalue weighted by molar-refractivity contribution is 0.0931. The fourth-order valence-electron chi connectivity index (χ4n) is 3.85. The zero-order chi connectivity index (χ0) is 19.7. The molecule has 0 aliphatic carbocycles. The molecule has 0 radical (unpaired) electrons. The number of rotatable bonds is 6. The standard InChI is InChI=1S/C20H23N3O4S/c1-28(25,26)23-14-4-9-17(10-5-14)27-16-7-2-13(3-8-16)20(24)22-19-12-15-6-11-18(19)21-15/h2-5,7-10,15,18-19,21,23H,6,11-12H2,1H3,(H,22,24). The molecule has 2 aliphatic heterocycles. The number of carbonyl (C=O) groups is 1. The molecule has 2 aliphatic rings. The second-order valence-corrected chi connectivity index (χ2v) is 9.14. The van der Waals surface area contributed by atoms with Crippen LogP contribution in [0.1, 0.15) is 29.6 Å². The van der Waals surface area contributed by atoms with E-state index in [1.54, 1.807) is 48.5 Å². The van der Waals surface area contributed by atoms with Crippen LogP contribution in [-0.4, -0.2) is 38.7 Å². The van der Waals surface area contributed by atoms with Crippen LogP contribution < -0.4 is 20.1 Å². The van der Waals surface area contributed by atoms with E-state index in [0.717, 1.165) is 19.1 Å². The minimum absolute atomic E-state index is 0.0675. The lowest BCUT2D eigenvalue weighted by Gasteiger charge is -2.21. The molecule has 0 spiro atoms. The average Bonchev–Trinajstić information content (AvgIpc) is 3.26. The van der Waals surface area contributed by atoms with E-state index in [1.807, 2.05) is 0 Å². The van der Waals surface area contributed by atoms with Gasteiger partial charge in [0.15, 0.2) is 0 Å². The van der Waals surface area contributed by atoms with Crippen molar-refractivity contribution in [3.8, 4) is 11.5 Å². The van der Waals surface area contributed by atoms with Crippen LogP contribution in [0.25, 0.3) is 0 Å². The van der Waals surface area contributed by atoms with E-state index in [-0.39, 0.29) is 11.9 Å². The highest BCUT2D eigenvalue weighted by atomic mass is 32.2. The Bertz CT molecular complexity index is 958. The summed E-state index contributed by atoms with van der Waals surface area (Å²) >= 11 is 0.